The lowest BCUT2D eigenvalue weighted by Crippen LogP contribution is -2.27. The largest absolute Gasteiger partial charge is 0.350 e. The first-order valence-electron chi connectivity index (χ1n) is 7.82. The average Bonchev–Trinajstić information content (AvgIpc) is 3.05. The number of aromatic nitrogens is 3. The van der Waals surface area contributed by atoms with Crippen LogP contribution in [-0.2, 0) is 6.54 Å². The van der Waals surface area contributed by atoms with E-state index in [2.05, 4.69) is 27.8 Å². The predicted molar refractivity (Wildman–Crippen MR) is 89.5 cm³/mol. The Kier molecular flexibility index (Phi) is 5.08. The maximum absolute atomic E-state index is 12.1. The van der Waals surface area contributed by atoms with Gasteiger partial charge in [0.25, 0.3) is 5.91 Å². The second kappa shape index (κ2) is 7.42. The summed E-state index contributed by atoms with van der Waals surface area (Å²) in [6.07, 6.45) is 9.65. The maximum Gasteiger partial charge on any atom is 0.252 e. The minimum absolute atomic E-state index is 0.173. The van der Waals surface area contributed by atoms with Gasteiger partial charge in [-0.2, -0.15) is 0 Å². The lowest BCUT2D eigenvalue weighted by Gasteiger charge is -2.13. The van der Waals surface area contributed by atoms with Crippen molar-refractivity contribution in [2.45, 2.75) is 31.7 Å². The molecular weight excluding hydrogens is 312 g/mol. The Balaban J connectivity index is 1.51. The van der Waals surface area contributed by atoms with Gasteiger partial charge in [-0.1, -0.05) is 41.1 Å². The fraction of sp³-hybridized carbons (Fsp3) is 0.353. The van der Waals surface area contributed by atoms with Gasteiger partial charge in [-0.25, -0.2) is 0 Å². The molecule has 0 aliphatic heterocycles. The van der Waals surface area contributed by atoms with Gasteiger partial charge in [0.15, 0.2) is 0 Å². The van der Waals surface area contributed by atoms with Crippen LogP contribution >= 0.6 is 11.6 Å². The summed E-state index contributed by atoms with van der Waals surface area (Å²) in [5, 5.41) is 11.7. The number of amides is 1. The molecule has 0 fully saturated rings. The van der Waals surface area contributed by atoms with Crippen LogP contribution < -0.4 is 5.32 Å². The summed E-state index contributed by atoms with van der Waals surface area (Å²) in [6.45, 7) is 1.07. The van der Waals surface area contributed by atoms with Crippen molar-refractivity contribution in [3.8, 4) is 0 Å². The summed E-state index contributed by atoms with van der Waals surface area (Å²) in [5.41, 5.74) is 1.52. The van der Waals surface area contributed by atoms with Gasteiger partial charge in [-0.3, -0.25) is 9.48 Å². The summed E-state index contributed by atoms with van der Waals surface area (Å²) in [5.74, 6) is 0.292. The summed E-state index contributed by atoms with van der Waals surface area (Å²) in [4.78, 5) is 12.1. The molecule has 23 heavy (non-hydrogen) atoms. The highest BCUT2D eigenvalue weighted by atomic mass is 35.5. The van der Waals surface area contributed by atoms with Gasteiger partial charge >= 0.3 is 0 Å². The fourth-order valence-electron chi connectivity index (χ4n) is 2.70. The number of nitrogens with zero attached hydrogens (tertiary/aromatic N) is 3. The van der Waals surface area contributed by atoms with E-state index < -0.39 is 0 Å². The van der Waals surface area contributed by atoms with Gasteiger partial charge in [0.2, 0.25) is 0 Å². The van der Waals surface area contributed by atoms with Crippen molar-refractivity contribution < 1.29 is 4.79 Å². The first-order valence-corrected chi connectivity index (χ1v) is 8.19. The SMILES string of the molecule is O=C(NCCn1cc(C2CC=CCC2)nn1)c1ccccc1Cl. The number of carbonyl (C=O) groups is 1. The Bertz CT molecular complexity index is 710. The third kappa shape index (κ3) is 3.99. The second-order valence-electron chi connectivity index (χ2n) is 5.62. The zero-order valence-corrected chi connectivity index (χ0v) is 13.5. The summed E-state index contributed by atoms with van der Waals surface area (Å²) < 4.78 is 1.78. The number of rotatable bonds is 5. The molecule has 1 N–H and O–H groups in total. The number of nitrogens with one attached hydrogen (secondary N) is 1. The van der Waals surface area contributed by atoms with Gasteiger partial charge in [0.1, 0.15) is 0 Å². The standard InChI is InChI=1S/C17H19ClN4O/c18-15-9-5-4-8-14(15)17(23)19-10-11-22-12-16(20-21-22)13-6-2-1-3-7-13/h1-2,4-5,8-9,12-13H,3,6-7,10-11H2,(H,19,23). The van der Waals surface area contributed by atoms with Gasteiger partial charge in [0.05, 0.1) is 22.8 Å². The van der Waals surface area contributed by atoms with Crippen LogP contribution in [0.1, 0.15) is 41.2 Å². The van der Waals surface area contributed by atoms with E-state index in [1.54, 1.807) is 28.9 Å². The Morgan fingerprint density at radius 1 is 1.35 bits per heavy atom. The molecule has 2 aromatic rings. The molecule has 0 spiro atoms. The van der Waals surface area contributed by atoms with Crippen LogP contribution in [-0.4, -0.2) is 27.4 Å². The number of halogens is 1. The summed E-state index contributed by atoms with van der Waals surface area (Å²) >= 11 is 6.01. The van der Waals surface area contributed by atoms with Crippen molar-refractivity contribution in [1.82, 2.24) is 20.3 Å². The Hall–Kier alpha value is -2.14. The van der Waals surface area contributed by atoms with Crippen molar-refractivity contribution in [1.29, 1.82) is 0 Å². The first-order chi connectivity index (χ1) is 11.2. The molecule has 0 bridgehead atoms. The molecular formula is C17H19ClN4O. The van der Waals surface area contributed by atoms with E-state index in [-0.39, 0.29) is 5.91 Å². The molecule has 1 aliphatic rings. The monoisotopic (exact) mass is 330 g/mol. The Morgan fingerprint density at radius 3 is 3.00 bits per heavy atom. The third-order valence-electron chi connectivity index (χ3n) is 3.99. The van der Waals surface area contributed by atoms with E-state index >= 15 is 0 Å². The van der Waals surface area contributed by atoms with Crippen LogP contribution in [0.25, 0.3) is 0 Å². The lowest BCUT2D eigenvalue weighted by molar-refractivity contribution is 0.0952. The number of carbonyl (C=O) groups excluding carboxylic acids is 1. The topological polar surface area (TPSA) is 59.8 Å². The third-order valence-corrected chi connectivity index (χ3v) is 4.32. The van der Waals surface area contributed by atoms with Crippen LogP contribution in [0.2, 0.25) is 5.02 Å². The van der Waals surface area contributed by atoms with Crippen LogP contribution in [0.5, 0.6) is 0 Å². The van der Waals surface area contributed by atoms with E-state index in [1.165, 1.54) is 0 Å². The Labute approximate surface area is 140 Å². The summed E-state index contributed by atoms with van der Waals surface area (Å²) in [7, 11) is 0. The number of hydrogen-bond donors (Lipinski definition) is 1. The lowest BCUT2D eigenvalue weighted by atomic mass is 9.92. The van der Waals surface area contributed by atoms with Crippen molar-refractivity contribution in [2.75, 3.05) is 6.54 Å². The molecule has 1 aromatic heterocycles. The molecule has 3 rings (SSSR count). The molecule has 1 amide bonds. The molecule has 0 radical (unpaired) electrons. The molecule has 1 heterocycles. The minimum Gasteiger partial charge on any atom is -0.350 e. The normalized spacial score (nSPS) is 17.2. The molecule has 1 unspecified atom stereocenters. The first kappa shape index (κ1) is 15.7. The molecule has 120 valence electrons. The van der Waals surface area contributed by atoms with E-state index in [9.17, 15) is 4.79 Å². The smallest absolute Gasteiger partial charge is 0.252 e. The van der Waals surface area contributed by atoms with Gasteiger partial charge in [-0.05, 0) is 31.4 Å². The van der Waals surface area contributed by atoms with Crippen molar-refractivity contribution >= 4 is 17.5 Å². The van der Waals surface area contributed by atoms with Gasteiger partial charge in [-0.15, -0.1) is 5.10 Å². The fourth-order valence-corrected chi connectivity index (χ4v) is 2.92. The highest BCUT2D eigenvalue weighted by molar-refractivity contribution is 6.33. The van der Waals surface area contributed by atoms with E-state index in [4.69, 9.17) is 11.6 Å². The molecule has 0 saturated carbocycles. The summed E-state index contributed by atoms with van der Waals surface area (Å²) in [6, 6.07) is 7.01. The zero-order chi connectivity index (χ0) is 16.1. The molecule has 0 saturated heterocycles. The van der Waals surface area contributed by atoms with Crippen LogP contribution in [0, 0.1) is 0 Å². The van der Waals surface area contributed by atoms with Gasteiger partial charge in [0, 0.05) is 18.7 Å². The molecule has 5 nitrogen and oxygen atoms in total. The number of hydrogen-bond acceptors (Lipinski definition) is 3. The van der Waals surface area contributed by atoms with Crippen LogP contribution in [0.4, 0.5) is 0 Å². The quantitative estimate of drug-likeness (QED) is 0.856. The van der Waals surface area contributed by atoms with Crippen molar-refractivity contribution in [2.24, 2.45) is 0 Å². The van der Waals surface area contributed by atoms with E-state index in [0.717, 1.165) is 25.0 Å². The van der Waals surface area contributed by atoms with E-state index in [1.807, 2.05) is 6.20 Å². The van der Waals surface area contributed by atoms with Crippen molar-refractivity contribution in [3.05, 3.63) is 58.9 Å². The highest BCUT2D eigenvalue weighted by Crippen LogP contribution is 2.27. The van der Waals surface area contributed by atoms with Gasteiger partial charge < -0.3 is 5.32 Å². The zero-order valence-electron chi connectivity index (χ0n) is 12.8. The molecule has 6 heteroatoms. The van der Waals surface area contributed by atoms with Crippen LogP contribution in [0.15, 0.2) is 42.6 Å². The second-order valence-corrected chi connectivity index (χ2v) is 6.03. The molecule has 1 aromatic carbocycles. The predicted octanol–water partition coefficient (Wildman–Crippen LogP) is 3.19. The average molecular weight is 331 g/mol. The molecule has 1 aliphatic carbocycles. The van der Waals surface area contributed by atoms with Crippen LogP contribution in [0.3, 0.4) is 0 Å². The number of allylic oxidation sites excluding steroid dienone is 2. The highest BCUT2D eigenvalue weighted by Gasteiger charge is 2.16. The number of benzene rings is 1. The van der Waals surface area contributed by atoms with Crippen molar-refractivity contribution in [3.63, 3.8) is 0 Å². The minimum atomic E-state index is -0.173. The Morgan fingerprint density at radius 2 is 2.22 bits per heavy atom. The maximum atomic E-state index is 12.1. The van der Waals surface area contributed by atoms with E-state index in [0.29, 0.717) is 29.6 Å². The molecule has 1 atom stereocenters.